The molecule has 5 heteroatoms. The third-order valence-electron chi connectivity index (χ3n) is 4.70. The first kappa shape index (κ1) is 19.9. The number of fused-ring (bicyclic) bond motifs is 3. The first-order chi connectivity index (χ1) is 13.3. The standard InChI is InChI=1S/C23H27NO4/c1-5-20(21(25)28-23(2,3)4)24-22(26)27-14-16-10-8-12-18-17-11-7-6-9-15(17)13-19(16)18/h6-12,20H,5,13-14H2,1-4H3,(H,24,26). The van der Waals surface area contributed by atoms with Crippen LogP contribution in [0.25, 0.3) is 11.1 Å². The zero-order valence-corrected chi connectivity index (χ0v) is 16.9. The Hall–Kier alpha value is -2.82. The molecule has 28 heavy (non-hydrogen) atoms. The summed E-state index contributed by atoms with van der Waals surface area (Å²) < 4.78 is 10.7. The summed E-state index contributed by atoms with van der Waals surface area (Å²) >= 11 is 0. The molecular formula is C23H27NO4. The van der Waals surface area contributed by atoms with E-state index in [1.54, 1.807) is 20.8 Å². The van der Waals surface area contributed by atoms with Crippen LogP contribution in [0.5, 0.6) is 0 Å². The van der Waals surface area contributed by atoms with Crippen LogP contribution in [0, 0.1) is 0 Å². The van der Waals surface area contributed by atoms with Gasteiger partial charge in [0.15, 0.2) is 0 Å². The summed E-state index contributed by atoms with van der Waals surface area (Å²) in [6.45, 7) is 7.36. The highest BCUT2D eigenvalue weighted by atomic mass is 16.6. The van der Waals surface area contributed by atoms with Crippen LogP contribution < -0.4 is 5.32 Å². The molecule has 0 radical (unpaired) electrons. The number of benzene rings is 2. The van der Waals surface area contributed by atoms with Crippen LogP contribution in [-0.4, -0.2) is 23.7 Å². The maximum Gasteiger partial charge on any atom is 0.408 e. The summed E-state index contributed by atoms with van der Waals surface area (Å²) in [6, 6.07) is 13.6. The van der Waals surface area contributed by atoms with Crippen LogP contribution in [0.3, 0.4) is 0 Å². The molecule has 0 aromatic heterocycles. The molecule has 3 rings (SSSR count). The normalized spacial score (nSPS) is 13.3. The lowest BCUT2D eigenvalue weighted by Gasteiger charge is -2.23. The van der Waals surface area contributed by atoms with Crippen molar-refractivity contribution in [3.05, 3.63) is 59.2 Å². The van der Waals surface area contributed by atoms with E-state index in [4.69, 9.17) is 9.47 Å². The Morgan fingerprint density at radius 3 is 2.50 bits per heavy atom. The largest absolute Gasteiger partial charge is 0.458 e. The molecule has 2 aromatic rings. The fourth-order valence-corrected chi connectivity index (χ4v) is 3.39. The first-order valence-corrected chi connectivity index (χ1v) is 9.63. The van der Waals surface area contributed by atoms with E-state index in [2.05, 4.69) is 23.5 Å². The van der Waals surface area contributed by atoms with E-state index >= 15 is 0 Å². The van der Waals surface area contributed by atoms with Gasteiger partial charge in [-0.05, 0) is 61.4 Å². The Morgan fingerprint density at radius 1 is 1.07 bits per heavy atom. The molecule has 1 amide bonds. The van der Waals surface area contributed by atoms with Gasteiger partial charge in [-0.15, -0.1) is 0 Å². The van der Waals surface area contributed by atoms with Gasteiger partial charge >= 0.3 is 12.1 Å². The third kappa shape index (κ3) is 4.53. The molecule has 0 aliphatic heterocycles. The van der Waals surface area contributed by atoms with E-state index in [0.717, 1.165) is 12.0 Å². The minimum Gasteiger partial charge on any atom is -0.458 e. The number of amides is 1. The minimum atomic E-state index is -0.725. The fourth-order valence-electron chi connectivity index (χ4n) is 3.39. The second-order valence-electron chi connectivity index (χ2n) is 7.99. The van der Waals surface area contributed by atoms with Crippen LogP contribution in [0.4, 0.5) is 4.79 Å². The number of nitrogens with one attached hydrogen (secondary N) is 1. The van der Waals surface area contributed by atoms with Crippen molar-refractivity contribution in [1.82, 2.24) is 5.32 Å². The average Bonchev–Trinajstić information content (AvgIpc) is 3.02. The van der Waals surface area contributed by atoms with Gasteiger partial charge in [0, 0.05) is 0 Å². The van der Waals surface area contributed by atoms with Crippen LogP contribution in [0.2, 0.25) is 0 Å². The van der Waals surface area contributed by atoms with Gasteiger partial charge in [-0.1, -0.05) is 49.4 Å². The molecule has 2 aromatic carbocycles. The Kier molecular flexibility index (Phi) is 5.73. The molecule has 5 nitrogen and oxygen atoms in total. The summed E-state index contributed by atoms with van der Waals surface area (Å²) in [7, 11) is 0. The number of esters is 1. The highest BCUT2D eigenvalue weighted by Gasteiger charge is 2.26. The highest BCUT2D eigenvalue weighted by Crippen LogP contribution is 2.38. The Bertz CT molecular complexity index is 882. The maximum atomic E-state index is 12.2. The summed E-state index contributed by atoms with van der Waals surface area (Å²) in [5, 5.41) is 2.61. The van der Waals surface area contributed by atoms with Gasteiger partial charge in [-0.25, -0.2) is 9.59 Å². The van der Waals surface area contributed by atoms with E-state index in [9.17, 15) is 9.59 Å². The molecule has 1 N–H and O–H groups in total. The second-order valence-corrected chi connectivity index (χ2v) is 7.99. The number of hydrogen-bond donors (Lipinski definition) is 1. The molecule has 1 aliphatic rings. The molecule has 0 spiro atoms. The van der Waals surface area contributed by atoms with Crippen molar-refractivity contribution < 1.29 is 19.1 Å². The lowest BCUT2D eigenvalue weighted by molar-refractivity contribution is -0.157. The van der Waals surface area contributed by atoms with Crippen molar-refractivity contribution in [3.63, 3.8) is 0 Å². The number of carbonyl (C=O) groups excluding carboxylic acids is 2. The quantitative estimate of drug-likeness (QED) is 0.656. The predicted molar refractivity (Wildman–Crippen MR) is 108 cm³/mol. The van der Waals surface area contributed by atoms with E-state index in [1.807, 2.05) is 31.2 Å². The van der Waals surface area contributed by atoms with Crippen molar-refractivity contribution in [3.8, 4) is 11.1 Å². The number of alkyl carbamates (subject to hydrolysis) is 1. The highest BCUT2D eigenvalue weighted by molar-refractivity contribution is 5.81. The topological polar surface area (TPSA) is 64.6 Å². The van der Waals surface area contributed by atoms with Gasteiger partial charge in [0.25, 0.3) is 0 Å². The maximum absolute atomic E-state index is 12.2. The molecule has 0 saturated carbocycles. The van der Waals surface area contributed by atoms with Gasteiger partial charge in [-0.3, -0.25) is 0 Å². The average molecular weight is 381 g/mol. The van der Waals surface area contributed by atoms with E-state index in [1.165, 1.54) is 22.3 Å². The number of rotatable bonds is 5. The zero-order valence-electron chi connectivity index (χ0n) is 16.9. The van der Waals surface area contributed by atoms with E-state index in [-0.39, 0.29) is 6.61 Å². The van der Waals surface area contributed by atoms with Gasteiger partial charge in [-0.2, -0.15) is 0 Å². The molecule has 0 saturated heterocycles. The van der Waals surface area contributed by atoms with Gasteiger partial charge < -0.3 is 14.8 Å². The zero-order chi connectivity index (χ0) is 20.3. The van der Waals surface area contributed by atoms with Crippen LogP contribution in [-0.2, 0) is 27.3 Å². The SMILES string of the molecule is CCC(NC(=O)OCc1cccc2c1Cc1ccccc1-2)C(=O)OC(C)(C)C. The molecule has 0 bridgehead atoms. The predicted octanol–water partition coefficient (Wildman–Crippen LogP) is 4.60. The molecule has 0 fully saturated rings. The lowest BCUT2D eigenvalue weighted by Crippen LogP contribution is -2.43. The van der Waals surface area contributed by atoms with E-state index < -0.39 is 23.7 Å². The summed E-state index contributed by atoms with van der Waals surface area (Å²) in [4.78, 5) is 24.4. The van der Waals surface area contributed by atoms with Crippen LogP contribution >= 0.6 is 0 Å². The molecule has 1 aliphatic carbocycles. The smallest absolute Gasteiger partial charge is 0.408 e. The van der Waals surface area contributed by atoms with Crippen molar-refractivity contribution in [2.24, 2.45) is 0 Å². The molecule has 1 unspecified atom stereocenters. The molecule has 1 atom stereocenters. The molecule has 0 heterocycles. The molecular weight excluding hydrogens is 354 g/mol. The minimum absolute atomic E-state index is 0.160. The van der Waals surface area contributed by atoms with Gasteiger partial charge in [0.2, 0.25) is 0 Å². The third-order valence-corrected chi connectivity index (χ3v) is 4.70. The summed E-state index contributed by atoms with van der Waals surface area (Å²) in [5.74, 6) is -0.456. The van der Waals surface area contributed by atoms with Crippen LogP contribution in [0.1, 0.15) is 50.8 Å². The first-order valence-electron chi connectivity index (χ1n) is 9.63. The Balaban J connectivity index is 1.62. The molecule has 148 valence electrons. The number of hydrogen-bond acceptors (Lipinski definition) is 4. The summed E-state index contributed by atoms with van der Waals surface area (Å²) in [6.07, 6.45) is 0.646. The van der Waals surface area contributed by atoms with Crippen LogP contribution in [0.15, 0.2) is 42.5 Å². The number of carbonyl (C=O) groups is 2. The Morgan fingerprint density at radius 2 is 1.79 bits per heavy atom. The summed E-state index contributed by atoms with van der Waals surface area (Å²) in [5.41, 5.74) is 5.28. The van der Waals surface area contributed by atoms with Gasteiger partial charge in [0.05, 0.1) is 0 Å². The number of ether oxygens (including phenoxy) is 2. The Labute approximate surface area is 166 Å². The van der Waals surface area contributed by atoms with Gasteiger partial charge in [0.1, 0.15) is 18.2 Å². The lowest BCUT2D eigenvalue weighted by atomic mass is 10.0. The fraction of sp³-hybridized carbons (Fsp3) is 0.391. The van der Waals surface area contributed by atoms with E-state index in [0.29, 0.717) is 6.42 Å². The monoisotopic (exact) mass is 381 g/mol. The van der Waals surface area contributed by atoms with Crippen molar-refractivity contribution in [2.45, 2.75) is 58.8 Å². The van der Waals surface area contributed by atoms with Crippen molar-refractivity contribution in [2.75, 3.05) is 0 Å². The second kappa shape index (κ2) is 8.05. The van der Waals surface area contributed by atoms with Crippen molar-refractivity contribution >= 4 is 12.1 Å². The van der Waals surface area contributed by atoms with Crippen molar-refractivity contribution in [1.29, 1.82) is 0 Å².